The van der Waals surface area contributed by atoms with Crippen molar-refractivity contribution in [2.75, 3.05) is 11.1 Å². The smallest absolute Gasteiger partial charge is 0.234 e. The van der Waals surface area contributed by atoms with E-state index in [0.717, 1.165) is 11.3 Å². The Morgan fingerprint density at radius 2 is 1.91 bits per heavy atom. The van der Waals surface area contributed by atoms with Crippen LogP contribution in [-0.4, -0.2) is 11.7 Å². The molecule has 112 valence electrons. The van der Waals surface area contributed by atoms with Crippen LogP contribution in [0, 0.1) is 11.3 Å². The molecule has 0 aliphatic rings. The predicted octanol–water partition coefficient (Wildman–Crippen LogP) is 4.74. The van der Waals surface area contributed by atoms with E-state index in [4.69, 9.17) is 28.5 Å². The maximum Gasteiger partial charge on any atom is 0.234 e. The maximum atomic E-state index is 11.9. The number of carbonyl (C=O) groups excluding carboxylic acids is 1. The summed E-state index contributed by atoms with van der Waals surface area (Å²) in [4.78, 5) is 11.9. The first-order valence-electron chi connectivity index (χ1n) is 6.40. The molecule has 0 unspecified atom stereocenters. The fourth-order valence-electron chi connectivity index (χ4n) is 1.72. The van der Waals surface area contributed by atoms with Gasteiger partial charge in [0.05, 0.1) is 16.3 Å². The standard InChI is InChI=1S/C16H12Cl2N2OS/c17-13-4-1-11(2-5-13)9-22-10-16(21)20-14-6-3-12(8-19)15(18)7-14/h1-7H,9-10H2,(H,20,21). The van der Waals surface area contributed by atoms with E-state index in [1.165, 1.54) is 11.8 Å². The van der Waals surface area contributed by atoms with Crippen molar-refractivity contribution in [1.82, 2.24) is 0 Å². The van der Waals surface area contributed by atoms with E-state index >= 15 is 0 Å². The van der Waals surface area contributed by atoms with Crippen LogP contribution in [0.3, 0.4) is 0 Å². The third kappa shape index (κ3) is 4.96. The number of hydrogen-bond acceptors (Lipinski definition) is 3. The van der Waals surface area contributed by atoms with Crippen LogP contribution in [0.4, 0.5) is 5.69 Å². The summed E-state index contributed by atoms with van der Waals surface area (Å²) in [5.41, 5.74) is 2.08. The van der Waals surface area contributed by atoms with Crippen molar-refractivity contribution in [3.05, 3.63) is 63.6 Å². The maximum absolute atomic E-state index is 11.9. The van der Waals surface area contributed by atoms with Crippen LogP contribution in [-0.2, 0) is 10.5 Å². The van der Waals surface area contributed by atoms with Crippen molar-refractivity contribution in [3.63, 3.8) is 0 Å². The van der Waals surface area contributed by atoms with E-state index in [2.05, 4.69) is 5.32 Å². The van der Waals surface area contributed by atoms with Gasteiger partial charge in [0.15, 0.2) is 0 Å². The molecule has 0 atom stereocenters. The number of nitriles is 1. The minimum atomic E-state index is -0.111. The topological polar surface area (TPSA) is 52.9 Å². The lowest BCUT2D eigenvalue weighted by atomic mass is 10.2. The minimum absolute atomic E-state index is 0.111. The van der Waals surface area contributed by atoms with Crippen molar-refractivity contribution in [2.24, 2.45) is 0 Å². The molecule has 22 heavy (non-hydrogen) atoms. The molecule has 0 saturated carbocycles. The highest BCUT2D eigenvalue weighted by Gasteiger charge is 2.06. The van der Waals surface area contributed by atoms with Crippen LogP contribution in [0.15, 0.2) is 42.5 Å². The molecule has 0 aromatic heterocycles. The average molecular weight is 351 g/mol. The third-order valence-corrected chi connectivity index (χ3v) is 4.36. The SMILES string of the molecule is N#Cc1ccc(NC(=O)CSCc2ccc(Cl)cc2)cc1Cl. The summed E-state index contributed by atoms with van der Waals surface area (Å²) >= 11 is 13.3. The molecule has 2 aromatic rings. The van der Waals surface area contributed by atoms with Crippen molar-refractivity contribution in [1.29, 1.82) is 5.26 Å². The van der Waals surface area contributed by atoms with Crippen LogP contribution < -0.4 is 5.32 Å². The van der Waals surface area contributed by atoms with Crippen molar-refractivity contribution >= 4 is 46.6 Å². The van der Waals surface area contributed by atoms with Gasteiger partial charge >= 0.3 is 0 Å². The molecular weight excluding hydrogens is 339 g/mol. The molecule has 0 aliphatic heterocycles. The zero-order valence-electron chi connectivity index (χ0n) is 11.5. The third-order valence-electron chi connectivity index (χ3n) is 2.79. The summed E-state index contributed by atoms with van der Waals surface area (Å²) in [5.74, 6) is 0.957. The molecule has 0 radical (unpaired) electrons. The Hall–Kier alpha value is -1.67. The van der Waals surface area contributed by atoms with Crippen molar-refractivity contribution in [3.8, 4) is 6.07 Å². The first kappa shape index (κ1) is 16.7. The van der Waals surface area contributed by atoms with E-state index in [1.54, 1.807) is 18.2 Å². The number of anilines is 1. The summed E-state index contributed by atoms with van der Waals surface area (Å²) in [7, 11) is 0. The Bertz CT molecular complexity index is 711. The fourth-order valence-corrected chi connectivity index (χ4v) is 2.86. The van der Waals surface area contributed by atoms with E-state index in [-0.39, 0.29) is 5.91 Å². The number of nitrogens with zero attached hydrogens (tertiary/aromatic N) is 1. The van der Waals surface area contributed by atoms with Crippen molar-refractivity contribution in [2.45, 2.75) is 5.75 Å². The highest BCUT2D eigenvalue weighted by atomic mass is 35.5. The Kier molecular flexibility index (Phi) is 6.14. The monoisotopic (exact) mass is 350 g/mol. The van der Waals surface area contributed by atoms with Gasteiger partial charge in [-0.25, -0.2) is 0 Å². The van der Waals surface area contributed by atoms with E-state index in [1.807, 2.05) is 30.3 Å². The molecule has 1 N–H and O–H groups in total. The second kappa shape index (κ2) is 8.09. The van der Waals surface area contributed by atoms with Gasteiger partial charge in [-0.15, -0.1) is 11.8 Å². The molecule has 1 amide bonds. The van der Waals surface area contributed by atoms with E-state index in [0.29, 0.717) is 27.0 Å². The summed E-state index contributed by atoms with van der Waals surface area (Å²) in [6.07, 6.45) is 0. The summed E-state index contributed by atoms with van der Waals surface area (Å²) in [6, 6.07) is 14.3. The van der Waals surface area contributed by atoms with Gasteiger partial charge in [-0.3, -0.25) is 4.79 Å². The molecule has 0 spiro atoms. The van der Waals surface area contributed by atoms with Gasteiger partial charge in [0.25, 0.3) is 0 Å². The van der Waals surface area contributed by atoms with Crippen LogP contribution in [0.2, 0.25) is 10.0 Å². The normalized spacial score (nSPS) is 10.0. The highest BCUT2D eigenvalue weighted by molar-refractivity contribution is 7.99. The van der Waals surface area contributed by atoms with Gasteiger partial charge in [-0.2, -0.15) is 5.26 Å². The largest absolute Gasteiger partial charge is 0.325 e. The number of nitrogens with one attached hydrogen (secondary N) is 1. The number of thioether (sulfide) groups is 1. The number of carbonyl (C=O) groups is 1. The number of rotatable bonds is 5. The summed E-state index contributed by atoms with van der Waals surface area (Å²) in [5, 5.41) is 12.6. The van der Waals surface area contributed by atoms with Gasteiger partial charge in [-0.05, 0) is 35.9 Å². The highest BCUT2D eigenvalue weighted by Crippen LogP contribution is 2.21. The lowest BCUT2D eigenvalue weighted by molar-refractivity contribution is -0.113. The lowest BCUT2D eigenvalue weighted by Crippen LogP contribution is -2.14. The molecule has 2 aromatic carbocycles. The number of halogens is 2. The molecule has 3 nitrogen and oxygen atoms in total. The van der Waals surface area contributed by atoms with Crippen molar-refractivity contribution < 1.29 is 4.79 Å². The number of benzene rings is 2. The summed E-state index contributed by atoms with van der Waals surface area (Å²) < 4.78 is 0. The molecule has 2 rings (SSSR count). The Morgan fingerprint density at radius 1 is 1.18 bits per heavy atom. The molecular formula is C16H12Cl2N2OS. The van der Waals surface area contributed by atoms with Gasteiger partial charge in [-0.1, -0.05) is 35.3 Å². The molecule has 0 heterocycles. The van der Waals surface area contributed by atoms with Gasteiger partial charge in [0.2, 0.25) is 5.91 Å². The predicted molar refractivity (Wildman–Crippen MR) is 92.4 cm³/mol. The van der Waals surface area contributed by atoms with Gasteiger partial charge in [0, 0.05) is 16.5 Å². The second-order valence-electron chi connectivity index (χ2n) is 4.47. The quantitative estimate of drug-likeness (QED) is 0.847. The number of amides is 1. The summed E-state index contributed by atoms with van der Waals surface area (Å²) in [6.45, 7) is 0. The molecule has 0 saturated heterocycles. The molecule has 0 aliphatic carbocycles. The molecule has 0 fully saturated rings. The first-order valence-corrected chi connectivity index (χ1v) is 8.31. The first-order chi connectivity index (χ1) is 10.6. The van der Waals surface area contributed by atoms with Gasteiger partial charge in [0.1, 0.15) is 6.07 Å². The minimum Gasteiger partial charge on any atom is -0.325 e. The van der Waals surface area contributed by atoms with E-state index in [9.17, 15) is 4.79 Å². The van der Waals surface area contributed by atoms with Crippen LogP contribution >= 0.6 is 35.0 Å². The fraction of sp³-hybridized carbons (Fsp3) is 0.125. The Balaban J connectivity index is 1.82. The molecule has 6 heteroatoms. The zero-order chi connectivity index (χ0) is 15.9. The lowest BCUT2D eigenvalue weighted by Gasteiger charge is -2.06. The molecule has 0 bridgehead atoms. The zero-order valence-corrected chi connectivity index (χ0v) is 13.8. The van der Waals surface area contributed by atoms with E-state index < -0.39 is 0 Å². The second-order valence-corrected chi connectivity index (χ2v) is 6.30. The van der Waals surface area contributed by atoms with Gasteiger partial charge < -0.3 is 5.32 Å². The van der Waals surface area contributed by atoms with Crippen LogP contribution in [0.25, 0.3) is 0 Å². The van der Waals surface area contributed by atoms with Crippen LogP contribution in [0.5, 0.6) is 0 Å². The van der Waals surface area contributed by atoms with Crippen LogP contribution in [0.1, 0.15) is 11.1 Å². The average Bonchev–Trinajstić information content (AvgIpc) is 2.49. The Morgan fingerprint density at radius 3 is 2.55 bits per heavy atom. The Labute approximate surface area is 143 Å². The number of hydrogen-bond donors (Lipinski definition) is 1.